The number of hydrogen-bond acceptors (Lipinski definition) is 6. The SMILES string of the molecule is CCC1(C)C(C#N)=NOC1(C#N)[N+](=O)[O-]. The summed E-state index contributed by atoms with van der Waals surface area (Å²) in [6.07, 6.45) is 0.216. The van der Waals surface area contributed by atoms with Gasteiger partial charge in [-0.05, 0) is 13.3 Å². The first-order chi connectivity index (χ1) is 6.98. The molecule has 7 heteroatoms. The van der Waals surface area contributed by atoms with Crippen LogP contribution < -0.4 is 0 Å². The third-order valence-electron chi connectivity index (χ3n) is 2.76. The number of hydrogen-bond donors (Lipinski definition) is 0. The number of nitriles is 2. The molecule has 0 aromatic carbocycles. The Hall–Kier alpha value is -2.15. The Morgan fingerprint density at radius 3 is 2.60 bits per heavy atom. The summed E-state index contributed by atoms with van der Waals surface area (Å²) in [6.45, 7) is 3.06. The van der Waals surface area contributed by atoms with E-state index >= 15 is 0 Å². The van der Waals surface area contributed by atoms with Crippen molar-refractivity contribution in [2.75, 3.05) is 0 Å². The highest BCUT2D eigenvalue weighted by Gasteiger charge is 2.69. The van der Waals surface area contributed by atoms with E-state index in [1.807, 2.05) is 0 Å². The summed E-state index contributed by atoms with van der Waals surface area (Å²) in [6, 6.07) is 3.21. The average molecular weight is 208 g/mol. The van der Waals surface area contributed by atoms with Crippen molar-refractivity contribution >= 4 is 5.71 Å². The van der Waals surface area contributed by atoms with Crippen molar-refractivity contribution in [2.24, 2.45) is 10.6 Å². The molecule has 1 aliphatic rings. The van der Waals surface area contributed by atoms with E-state index in [-0.39, 0.29) is 12.1 Å². The minimum atomic E-state index is -2.28. The van der Waals surface area contributed by atoms with Gasteiger partial charge in [-0.3, -0.25) is 10.1 Å². The third kappa shape index (κ3) is 1.07. The minimum Gasteiger partial charge on any atom is -0.303 e. The molecule has 2 unspecified atom stereocenters. The minimum absolute atomic E-state index is 0.122. The number of nitrogens with zero attached hydrogens (tertiary/aromatic N) is 4. The maximum Gasteiger partial charge on any atom is 0.481 e. The fourth-order valence-electron chi connectivity index (χ4n) is 1.44. The van der Waals surface area contributed by atoms with Crippen LogP contribution in [0, 0.1) is 38.2 Å². The molecule has 1 aliphatic heterocycles. The molecule has 15 heavy (non-hydrogen) atoms. The molecule has 0 amide bonds. The van der Waals surface area contributed by atoms with Gasteiger partial charge in [0.05, 0.1) is 4.92 Å². The summed E-state index contributed by atoms with van der Waals surface area (Å²) < 4.78 is 0. The lowest BCUT2D eigenvalue weighted by Gasteiger charge is -2.25. The number of oxime groups is 1. The summed E-state index contributed by atoms with van der Waals surface area (Å²) in [4.78, 5) is 14.6. The van der Waals surface area contributed by atoms with Gasteiger partial charge >= 0.3 is 5.72 Å². The quantitative estimate of drug-likeness (QED) is 0.492. The Labute approximate surface area is 85.7 Å². The van der Waals surface area contributed by atoms with Gasteiger partial charge in [-0.15, -0.1) is 0 Å². The van der Waals surface area contributed by atoms with Crippen molar-refractivity contribution in [2.45, 2.75) is 26.0 Å². The first-order valence-corrected chi connectivity index (χ1v) is 4.21. The Balaban J connectivity index is 3.36. The maximum absolute atomic E-state index is 10.9. The largest absolute Gasteiger partial charge is 0.481 e. The average Bonchev–Trinajstić information content (AvgIpc) is 2.52. The van der Waals surface area contributed by atoms with Gasteiger partial charge in [0.2, 0.25) is 0 Å². The van der Waals surface area contributed by atoms with E-state index < -0.39 is 16.1 Å². The van der Waals surface area contributed by atoms with Gasteiger partial charge in [0, 0.05) is 0 Å². The molecule has 0 fully saturated rings. The van der Waals surface area contributed by atoms with Crippen LogP contribution in [0.25, 0.3) is 0 Å². The summed E-state index contributed by atoms with van der Waals surface area (Å²) in [5.41, 5.74) is -3.71. The van der Waals surface area contributed by atoms with Crippen LogP contribution in [0.3, 0.4) is 0 Å². The second-order valence-electron chi connectivity index (χ2n) is 3.34. The molecule has 0 radical (unpaired) electrons. The molecule has 0 aromatic rings. The molecule has 0 saturated heterocycles. The van der Waals surface area contributed by atoms with Crippen LogP contribution in [0.2, 0.25) is 0 Å². The van der Waals surface area contributed by atoms with Gasteiger partial charge in [0.15, 0.2) is 11.8 Å². The van der Waals surface area contributed by atoms with Crippen LogP contribution >= 0.6 is 0 Å². The molecule has 2 atom stereocenters. The first-order valence-electron chi connectivity index (χ1n) is 4.21. The van der Waals surface area contributed by atoms with Crippen molar-refractivity contribution in [1.82, 2.24) is 0 Å². The molecule has 0 N–H and O–H groups in total. The van der Waals surface area contributed by atoms with Crippen LogP contribution in [-0.4, -0.2) is 16.4 Å². The molecule has 1 rings (SSSR count). The smallest absolute Gasteiger partial charge is 0.303 e. The molecule has 0 spiro atoms. The van der Waals surface area contributed by atoms with Crippen LogP contribution in [0.15, 0.2) is 5.16 Å². The first kappa shape index (κ1) is 10.9. The van der Waals surface area contributed by atoms with E-state index in [9.17, 15) is 10.1 Å². The molecular weight excluding hydrogens is 200 g/mol. The van der Waals surface area contributed by atoms with Crippen LogP contribution in [0.5, 0.6) is 0 Å². The van der Waals surface area contributed by atoms with Crippen molar-refractivity contribution in [1.29, 1.82) is 10.5 Å². The van der Waals surface area contributed by atoms with Crippen molar-refractivity contribution in [3.8, 4) is 12.1 Å². The van der Waals surface area contributed by atoms with E-state index in [0.717, 1.165) is 0 Å². The molecule has 0 bridgehead atoms. The molecule has 0 aliphatic carbocycles. The van der Waals surface area contributed by atoms with E-state index in [1.54, 1.807) is 13.0 Å². The molecule has 0 aromatic heterocycles. The van der Waals surface area contributed by atoms with Crippen molar-refractivity contribution in [3.05, 3.63) is 10.1 Å². The van der Waals surface area contributed by atoms with Gasteiger partial charge in [0.1, 0.15) is 11.5 Å². The normalized spacial score (nSPS) is 33.5. The fraction of sp³-hybridized carbons (Fsp3) is 0.625. The van der Waals surface area contributed by atoms with Crippen LogP contribution in [0.4, 0.5) is 0 Å². The fourth-order valence-corrected chi connectivity index (χ4v) is 1.44. The lowest BCUT2D eigenvalue weighted by Crippen LogP contribution is -2.52. The van der Waals surface area contributed by atoms with Gasteiger partial charge < -0.3 is 4.84 Å². The predicted octanol–water partition coefficient (Wildman–Crippen LogP) is 0.809. The molecule has 1 heterocycles. The molecule has 7 nitrogen and oxygen atoms in total. The highest BCUT2D eigenvalue weighted by molar-refractivity contribution is 6.04. The lowest BCUT2D eigenvalue weighted by atomic mass is 9.74. The Morgan fingerprint density at radius 2 is 2.27 bits per heavy atom. The van der Waals surface area contributed by atoms with E-state index in [4.69, 9.17) is 10.5 Å². The van der Waals surface area contributed by atoms with E-state index in [2.05, 4.69) is 9.99 Å². The Morgan fingerprint density at radius 1 is 1.67 bits per heavy atom. The van der Waals surface area contributed by atoms with Crippen molar-refractivity contribution < 1.29 is 9.76 Å². The van der Waals surface area contributed by atoms with E-state index in [1.165, 1.54) is 13.0 Å². The highest BCUT2D eigenvalue weighted by atomic mass is 16.7. The molecule has 0 saturated carbocycles. The monoisotopic (exact) mass is 208 g/mol. The summed E-state index contributed by atoms with van der Waals surface area (Å²) in [5, 5.41) is 31.8. The molecular formula is C8H8N4O3. The maximum atomic E-state index is 10.9. The standard InChI is InChI=1S/C8H8N4O3/c1-3-7(2)6(4-9)11-15-8(7,5-10)12(13)14/h3H2,1-2H3. The van der Waals surface area contributed by atoms with Crippen molar-refractivity contribution in [3.63, 3.8) is 0 Å². The Kier molecular flexibility index (Phi) is 2.34. The molecule has 78 valence electrons. The second kappa shape index (κ2) is 3.21. The predicted molar refractivity (Wildman–Crippen MR) is 47.9 cm³/mol. The lowest BCUT2D eigenvalue weighted by molar-refractivity contribution is -0.623. The topological polar surface area (TPSA) is 112 Å². The zero-order chi connectivity index (χ0) is 11.7. The van der Waals surface area contributed by atoms with Crippen LogP contribution in [-0.2, 0) is 4.84 Å². The number of nitro groups is 1. The van der Waals surface area contributed by atoms with Crippen LogP contribution in [0.1, 0.15) is 20.3 Å². The summed E-state index contributed by atoms with van der Waals surface area (Å²) >= 11 is 0. The van der Waals surface area contributed by atoms with Gasteiger partial charge in [-0.1, -0.05) is 12.1 Å². The zero-order valence-corrected chi connectivity index (χ0v) is 8.22. The number of rotatable bonds is 2. The van der Waals surface area contributed by atoms with E-state index in [0.29, 0.717) is 0 Å². The van der Waals surface area contributed by atoms with Gasteiger partial charge in [-0.25, -0.2) is 0 Å². The zero-order valence-electron chi connectivity index (χ0n) is 8.22. The van der Waals surface area contributed by atoms with Gasteiger partial charge in [0.25, 0.3) is 0 Å². The van der Waals surface area contributed by atoms with Gasteiger partial charge in [-0.2, -0.15) is 10.5 Å². The highest BCUT2D eigenvalue weighted by Crippen LogP contribution is 2.43. The summed E-state index contributed by atoms with van der Waals surface area (Å²) in [7, 11) is 0. The summed E-state index contributed by atoms with van der Waals surface area (Å²) in [5.74, 6) is 0. The third-order valence-corrected chi connectivity index (χ3v) is 2.76. The second-order valence-corrected chi connectivity index (χ2v) is 3.34. The Bertz CT molecular complexity index is 419.